The second-order valence-corrected chi connectivity index (χ2v) is 13.3. The van der Waals surface area contributed by atoms with E-state index in [1.807, 2.05) is 0 Å². The van der Waals surface area contributed by atoms with E-state index in [9.17, 15) is 73.7 Å². The first-order valence-electron chi connectivity index (χ1n) is 16.7. The maximum Gasteiger partial charge on any atom is 0.417 e. The molecule has 0 aliphatic carbocycles. The minimum Gasteiger partial charge on any atom is -0.338 e. The Morgan fingerprint density at radius 2 is 0.933 bits per heavy atom. The van der Waals surface area contributed by atoms with E-state index in [1.54, 1.807) is 24.3 Å². The van der Waals surface area contributed by atoms with Crippen molar-refractivity contribution < 1.29 is 52.7 Å². The SMILES string of the molecule is CN1C(=C(C#N)C#N)Nc2c1cc(-c1ccc(C(F)(F)F)cc1C(F)(F)F)c1ccc3c4c(c(-c5ccc(C(F)(F)F)cc5C(F)(F)F)cc3c21)NC(=C(C#N)C#N)N4C. The van der Waals surface area contributed by atoms with Crippen LogP contribution >= 0.6 is 0 Å². The van der Waals surface area contributed by atoms with Crippen molar-refractivity contribution in [3.63, 3.8) is 0 Å². The lowest BCUT2D eigenvalue weighted by molar-refractivity contribution is -0.144. The van der Waals surface area contributed by atoms with Crippen LogP contribution in [0.3, 0.4) is 0 Å². The van der Waals surface area contributed by atoms with Crippen molar-refractivity contribution in [2.45, 2.75) is 24.7 Å². The van der Waals surface area contributed by atoms with Crippen LogP contribution in [-0.2, 0) is 24.7 Å². The van der Waals surface area contributed by atoms with Crippen LogP contribution in [0.1, 0.15) is 22.3 Å². The fraction of sp³-hybridized carbons (Fsp3) is 0.150. The summed E-state index contributed by atoms with van der Waals surface area (Å²) in [6, 6.07) is 13.3. The Bertz CT molecular complexity index is 2930. The lowest BCUT2D eigenvalue weighted by Gasteiger charge is -2.22. The molecule has 0 saturated heterocycles. The molecular formula is C40H18F12N8. The first-order valence-corrected chi connectivity index (χ1v) is 16.7. The second kappa shape index (κ2) is 13.5. The normalized spacial score (nSPS) is 13.9. The summed E-state index contributed by atoms with van der Waals surface area (Å²) in [5.41, 5.74) is -10.6. The summed E-state index contributed by atoms with van der Waals surface area (Å²) in [7, 11) is 2.62. The molecule has 0 unspecified atom stereocenters. The van der Waals surface area contributed by atoms with E-state index < -0.39 is 74.8 Å². The summed E-state index contributed by atoms with van der Waals surface area (Å²) in [6.07, 6.45) is -21.2. The van der Waals surface area contributed by atoms with Gasteiger partial charge in [-0.05, 0) is 63.9 Å². The van der Waals surface area contributed by atoms with Crippen molar-refractivity contribution in [2.75, 3.05) is 34.5 Å². The van der Waals surface area contributed by atoms with Gasteiger partial charge in [-0.2, -0.15) is 73.7 Å². The summed E-state index contributed by atoms with van der Waals surface area (Å²) in [4.78, 5) is 2.41. The molecule has 0 bridgehead atoms. The zero-order chi connectivity index (χ0) is 44.0. The van der Waals surface area contributed by atoms with Crippen molar-refractivity contribution in [2.24, 2.45) is 0 Å². The number of anilines is 4. The van der Waals surface area contributed by atoms with Crippen molar-refractivity contribution in [3.8, 4) is 46.5 Å². The zero-order valence-electron chi connectivity index (χ0n) is 30.0. The van der Waals surface area contributed by atoms with E-state index in [1.165, 1.54) is 36.0 Å². The molecule has 5 aromatic rings. The van der Waals surface area contributed by atoms with Crippen LogP contribution in [-0.4, -0.2) is 14.1 Å². The van der Waals surface area contributed by atoms with Crippen LogP contribution in [0, 0.1) is 45.3 Å². The molecule has 0 saturated carbocycles. The quantitative estimate of drug-likeness (QED) is 0.102. The average Bonchev–Trinajstić information content (AvgIpc) is 3.69. The molecule has 0 aromatic heterocycles. The van der Waals surface area contributed by atoms with E-state index in [2.05, 4.69) is 10.6 Å². The van der Waals surface area contributed by atoms with Gasteiger partial charge in [0.1, 0.15) is 35.9 Å². The van der Waals surface area contributed by atoms with Crippen molar-refractivity contribution in [1.82, 2.24) is 0 Å². The molecule has 8 nitrogen and oxygen atoms in total. The molecule has 0 fully saturated rings. The fourth-order valence-electron chi connectivity index (χ4n) is 7.40. The Morgan fingerprint density at radius 3 is 1.40 bits per heavy atom. The Labute approximate surface area is 329 Å². The minimum atomic E-state index is -5.43. The topological polar surface area (TPSA) is 126 Å². The molecule has 0 spiro atoms. The highest BCUT2D eigenvalue weighted by Gasteiger charge is 2.42. The minimum absolute atomic E-state index is 0.0335. The number of halogens is 12. The molecule has 0 atom stereocenters. The Balaban J connectivity index is 1.72. The largest absolute Gasteiger partial charge is 0.417 e. The first kappa shape index (κ1) is 40.6. The lowest BCUT2D eigenvalue weighted by atomic mass is 9.87. The standard InChI is InChI=1S/C40H18F12N8/c1-59-30-12-25(21-5-3-19(37(41,42)43)9-28(21)39(47,48)49)23-7-8-24-26(31(23)33(30)58-35(59)17(13-53)14-54)11-27(32-34(24)60(2)36(57-32)18(15-55)16-56)22-6-4-20(38(44,45)46)10-29(22)40(50,51)52/h3-12,57-58H,1-2H3. The maximum atomic E-state index is 14.8. The Hall–Kier alpha value is -7.58. The number of hydrogen-bond acceptors (Lipinski definition) is 8. The molecule has 20 heteroatoms. The number of nitrogens with one attached hydrogen (secondary N) is 2. The van der Waals surface area contributed by atoms with Crippen molar-refractivity contribution in [3.05, 3.63) is 106 Å². The molecule has 302 valence electrons. The Kier molecular flexibility index (Phi) is 9.13. The fourth-order valence-corrected chi connectivity index (χ4v) is 7.40. The van der Waals surface area contributed by atoms with E-state index >= 15 is 0 Å². The van der Waals surface area contributed by atoms with Crippen LogP contribution in [0.5, 0.6) is 0 Å². The third-order valence-electron chi connectivity index (χ3n) is 10.0. The first-order chi connectivity index (χ1) is 28.0. The highest BCUT2D eigenvalue weighted by Crippen LogP contribution is 2.56. The predicted molar refractivity (Wildman–Crippen MR) is 193 cm³/mol. The van der Waals surface area contributed by atoms with Gasteiger partial charge >= 0.3 is 24.7 Å². The van der Waals surface area contributed by atoms with Crippen LogP contribution in [0.15, 0.2) is 83.5 Å². The number of rotatable bonds is 2. The summed E-state index contributed by atoms with van der Waals surface area (Å²) < 4.78 is 171. The van der Waals surface area contributed by atoms with Gasteiger partial charge in [0.2, 0.25) is 0 Å². The van der Waals surface area contributed by atoms with Gasteiger partial charge < -0.3 is 20.4 Å². The highest BCUT2D eigenvalue weighted by molar-refractivity contribution is 6.26. The smallest absolute Gasteiger partial charge is 0.338 e. The molecule has 7 rings (SSSR count). The van der Waals surface area contributed by atoms with Crippen molar-refractivity contribution >= 4 is 44.3 Å². The van der Waals surface area contributed by atoms with Gasteiger partial charge in [0, 0.05) is 30.4 Å². The number of alkyl halides is 12. The summed E-state index contributed by atoms with van der Waals surface area (Å²) in [6.45, 7) is 0. The molecule has 60 heavy (non-hydrogen) atoms. The van der Waals surface area contributed by atoms with Gasteiger partial charge in [-0.15, -0.1) is 0 Å². The zero-order valence-corrected chi connectivity index (χ0v) is 30.0. The van der Waals surface area contributed by atoms with E-state index in [0.29, 0.717) is 24.3 Å². The molecule has 2 aliphatic rings. The van der Waals surface area contributed by atoms with Crippen LogP contribution < -0.4 is 20.4 Å². The van der Waals surface area contributed by atoms with Gasteiger partial charge in [0.25, 0.3) is 0 Å². The van der Waals surface area contributed by atoms with Gasteiger partial charge in [-0.3, -0.25) is 0 Å². The molecular weight excluding hydrogens is 820 g/mol. The third-order valence-corrected chi connectivity index (χ3v) is 10.0. The third kappa shape index (κ3) is 6.34. The van der Waals surface area contributed by atoms with Crippen LogP contribution in [0.2, 0.25) is 0 Å². The second-order valence-electron chi connectivity index (χ2n) is 13.3. The Morgan fingerprint density at radius 1 is 0.483 bits per heavy atom. The van der Waals surface area contributed by atoms with Gasteiger partial charge in [-0.25, -0.2) is 0 Å². The van der Waals surface area contributed by atoms with Gasteiger partial charge in [-0.1, -0.05) is 24.3 Å². The molecule has 2 aliphatic heterocycles. The maximum absolute atomic E-state index is 14.8. The number of benzene rings is 5. The van der Waals surface area contributed by atoms with Crippen LogP contribution in [0.4, 0.5) is 75.4 Å². The number of fused-ring (bicyclic) bond motifs is 7. The van der Waals surface area contributed by atoms with E-state index in [-0.39, 0.29) is 73.6 Å². The van der Waals surface area contributed by atoms with Gasteiger partial charge in [0.15, 0.2) is 11.1 Å². The van der Waals surface area contributed by atoms with Crippen molar-refractivity contribution in [1.29, 1.82) is 21.0 Å². The number of nitrogens with zero attached hydrogens (tertiary/aromatic N) is 6. The molecule has 0 radical (unpaired) electrons. The predicted octanol–water partition coefficient (Wildman–Crippen LogP) is 11.6. The highest BCUT2D eigenvalue weighted by atomic mass is 19.4. The summed E-state index contributed by atoms with van der Waals surface area (Å²) >= 11 is 0. The number of hydrogen-bond donors (Lipinski definition) is 2. The average molecular weight is 839 g/mol. The van der Waals surface area contributed by atoms with Gasteiger partial charge in [0.05, 0.1) is 45.0 Å². The molecule has 5 aromatic carbocycles. The molecule has 0 amide bonds. The number of allylic oxidation sites excluding steroid dienone is 2. The molecule has 2 heterocycles. The summed E-state index contributed by atoms with van der Waals surface area (Å²) in [5, 5.41) is 44.3. The van der Waals surface area contributed by atoms with E-state index in [4.69, 9.17) is 0 Å². The monoisotopic (exact) mass is 838 g/mol. The summed E-state index contributed by atoms with van der Waals surface area (Å²) in [5.74, 6) is -0.451. The molecule has 2 N–H and O–H groups in total. The van der Waals surface area contributed by atoms with E-state index in [0.717, 1.165) is 12.1 Å². The van der Waals surface area contributed by atoms with Crippen LogP contribution in [0.25, 0.3) is 43.8 Å². The number of nitriles is 4. The lowest BCUT2D eigenvalue weighted by Crippen LogP contribution is -2.16.